The summed E-state index contributed by atoms with van der Waals surface area (Å²) >= 11 is 0. The van der Waals surface area contributed by atoms with Crippen molar-refractivity contribution in [2.75, 3.05) is 24.6 Å². The maximum absolute atomic E-state index is 11.4. The number of hydrogen-bond acceptors (Lipinski definition) is 4. The third-order valence-corrected chi connectivity index (χ3v) is 5.35. The summed E-state index contributed by atoms with van der Waals surface area (Å²) in [6.07, 6.45) is 0. The Morgan fingerprint density at radius 3 is 2.65 bits per heavy atom. The van der Waals surface area contributed by atoms with Crippen LogP contribution in [0.5, 0.6) is 0 Å². The number of nitrogens with zero attached hydrogens (tertiary/aromatic N) is 2. The molecule has 0 N–H and O–H groups in total. The van der Waals surface area contributed by atoms with Gasteiger partial charge in [-0.15, -0.1) is 0 Å². The molecule has 4 nitrogen and oxygen atoms in total. The van der Waals surface area contributed by atoms with Crippen molar-refractivity contribution < 1.29 is 8.42 Å². The molecule has 2 heterocycles. The van der Waals surface area contributed by atoms with Crippen molar-refractivity contribution >= 4 is 20.7 Å². The van der Waals surface area contributed by atoms with Crippen molar-refractivity contribution in [2.24, 2.45) is 0 Å². The molecule has 3 rings (SSSR count). The fraction of sp³-hybridized carbons (Fsp3) is 0.400. The highest BCUT2D eigenvalue weighted by atomic mass is 32.2. The van der Waals surface area contributed by atoms with Gasteiger partial charge in [0.05, 0.1) is 17.0 Å². The summed E-state index contributed by atoms with van der Waals surface area (Å²) in [4.78, 5) is 6.69. The molecule has 1 aromatic carbocycles. The highest BCUT2D eigenvalue weighted by Gasteiger charge is 2.21. The SMILES string of the molecule is Cc1ccc2cc(CN3CCS(=O)(=O)CC3)ccc2n1. The lowest BCUT2D eigenvalue weighted by Gasteiger charge is -2.26. The van der Waals surface area contributed by atoms with Crippen LogP contribution >= 0.6 is 0 Å². The van der Waals surface area contributed by atoms with Crippen LogP contribution in [0.4, 0.5) is 0 Å². The molecule has 1 aliphatic heterocycles. The van der Waals surface area contributed by atoms with Crippen molar-refractivity contribution in [3.63, 3.8) is 0 Å². The van der Waals surface area contributed by atoms with Gasteiger partial charge < -0.3 is 0 Å². The maximum Gasteiger partial charge on any atom is 0.152 e. The van der Waals surface area contributed by atoms with Crippen molar-refractivity contribution in [1.82, 2.24) is 9.88 Å². The van der Waals surface area contributed by atoms with Gasteiger partial charge in [-0.3, -0.25) is 9.88 Å². The van der Waals surface area contributed by atoms with Crippen LogP contribution in [-0.2, 0) is 16.4 Å². The van der Waals surface area contributed by atoms with E-state index in [0.29, 0.717) is 13.1 Å². The molecule has 0 spiro atoms. The minimum absolute atomic E-state index is 0.279. The molecule has 0 saturated carbocycles. The molecule has 0 aliphatic carbocycles. The zero-order valence-corrected chi connectivity index (χ0v) is 12.4. The van der Waals surface area contributed by atoms with Crippen LogP contribution in [0.2, 0.25) is 0 Å². The lowest BCUT2D eigenvalue weighted by atomic mass is 10.1. The predicted molar refractivity (Wildman–Crippen MR) is 80.4 cm³/mol. The first-order valence-corrected chi connectivity index (χ1v) is 8.63. The van der Waals surface area contributed by atoms with Crippen LogP contribution in [-0.4, -0.2) is 42.9 Å². The van der Waals surface area contributed by atoms with Crippen LogP contribution in [0.25, 0.3) is 10.9 Å². The number of benzene rings is 1. The van der Waals surface area contributed by atoms with Crippen molar-refractivity contribution in [3.05, 3.63) is 41.6 Å². The second kappa shape index (κ2) is 5.14. The van der Waals surface area contributed by atoms with E-state index in [2.05, 4.69) is 28.1 Å². The average molecular weight is 290 g/mol. The van der Waals surface area contributed by atoms with E-state index in [1.165, 1.54) is 5.56 Å². The standard InChI is InChI=1S/C15H18N2O2S/c1-12-2-4-14-10-13(3-5-15(14)16-12)11-17-6-8-20(18,19)9-7-17/h2-5,10H,6-9,11H2,1H3. The van der Waals surface area contributed by atoms with E-state index in [1.54, 1.807) is 0 Å². The molecule has 0 atom stereocenters. The molecular weight excluding hydrogens is 272 g/mol. The van der Waals surface area contributed by atoms with Crippen LogP contribution in [0.3, 0.4) is 0 Å². The Morgan fingerprint density at radius 2 is 1.90 bits per heavy atom. The van der Waals surface area contributed by atoms with Gasteiger partial charge in [-0.05, 0) is 30.7 Å². The fourth-order valence-corrected chi connectivity index (χ4v) is 3.82. The number of rotatable bonds is 2. The topological polar surface area (TPSA) is 50.3 Å². The van der Waals surface area contributed by atoms with Crippen LogP contribution in [0.15, 0.2) is 30.3 Å². The third kappa shape index (κ3) is 2.99. The molecule has 0 amide bonds. The van der Waals surface area contributed by atoms with Gasteiger partial charge in [-0.25, -0.2) is 8.42 Å². The van der Waals surface area contributed by atoms with Gasteiger partial charge >= 0.3 is 0 Å². The highest BCUT2D eigenvalue weighted by molar-refractivity contribution is 7.91. The number of aromatic nitrogens is 1. The monoisotopic (exact) mass is 290 g/mol. The normalized spacial score (nSPS) is 19.2. The van der Waals surface area contributed by atoms with Crippen LogP contribution < -0.4 is 0 Å². The summed E-state index contributed by atoms with van der Waals surface area (Å²) in [6, 6.07) is 10.4. The Morgan fingerprint density at radius 1 is 1.15 bits per heavy atom. The first kappa shape index (κ1) is 13.5. The highest BCUT2D eigenvalue weighted by Crippen LogP contribution is 2.17. The smallest absolute Gasteiger partial charge is 0.152 e. The summed E-state index contributed by atoms with van der Waals surface area (Å²) < 4.78 is 22.8. The molecule has 0 bridgehead atoms. The molecule has 20 heavy (non-hydrogen) atoms. The van der Waals surface area contributed by atoms with E-state index in [0.717, 1.165) is 23.1 Å². The summed E-state index contributed by atoms with van der Waals surface area (Å²) in [7, 11) is -2.80. The minimum Gasteiger partial charge on any atom is -0.297 e. The van der Waals surface area contributed by atoms with Gasteiger partial charge in [0.15, 0.2) is 9.84 Å². The summed E-state index contributed by atoms with van der Waals surface area (Å²) in [5.74, 6) is 0.558. The zero-order chi connectivity index (χ0) is 14.2. The quantitative estimate of drug-likeness (QED) is 0.846. The first-order valence-electron chi connectivity index (χ1n) is 6.81. The molecule has 106 valence electrons. The molecule has 1 fully saturated rings. The molecule has 1 aliphatic rings. The Labute approximate surface area is 119 Å². The van der Waals surface area contributed by atoms with E-state index in [9.17, 15) is 8.42 Å². The maximum atomic E-state index is 11.4. The lowest BCUT2D eigenvalue weighted by molar-refractivity contribution is 0.288. The largest absolute Gasteiger partial charge is 0.297 e. The minimum atomic E-state index is -2.80. The molecular formula is C15H18N2O2S. The van der Waals surface area contributed by atoms with Crippen LogP contribution in [0, 0.1) is 6.92 Å². The summed E-state index contributed by atoms with van der Waals surface area (Å²) in [5.41, 5.74) is 3.24. The number of sulfone groups is 1. The van der Waals surface area contributed by atoms with Gasteiger partial charge in [0.1, 0.15) is 0 Å². The molecule has 1 aromatic heterocycles. The second-order valence-electron chi connectivity index (χ2n) is 5.41. The van der Waals surface area contributed by atoms with E-state index < -0.39 is 9.84 Å². The zero-order valence-electron chi connectivity index (χ0n) is 11.5. The first-order chi connectivity index (χ1) is 9.52. The summed E-state index contributed by atoms with van der Waals surface area (Å²) in [6.45, 7) is 4.06. The van der Waals surface area contributed by atoms with E-state index in [-0.39, 0.29) is 11.5 Å². The Hall–Kier alpha value is -1.46. The fourth-order valence-electron chi connectivity index (χ4n) is 2.54. The molecule has 5 heteroatoms. The summed E-state index contributed by atoms with van der Waals surface area (Å²) in [5, 5.41) is 1.14. The van der Waals surface area contributed by atoms with Crippen molar-refractivity contribution in [3.8, 4) is 0 Å². The predicted octanol–water partition coefficient (Wildman–Crippen LogP) is 1.77. The average Bonchev–Trinajstić information content (AvgIpc) is 2.41. The molecule has 0 radical (unpaired) electrons. The molecule has 1 saturated heterocycles. The number of hydrogen-bond donors (Lipinski definition) is 0. The van der Waals surface area contributed by atoms with Gasteiger partial charge in [-0.2, -0.15) is 0 Å². The van der Waals surface area contributed by atoms with Gasteiger partial charge in [0, 0.05) is 30.7 Å². The van der Waals surface area contributed by atoms with Crippen molar-refractivity contribution in [1.29, 1.82) is 0 Å². The Kier molecular flexibility index (Phi) is 3.48. The van der Waals surface area contributed by atoms with Gasteiger partial charge in [0.2, 0.25) is 0 Å². The van der Waals surface area contributed by atoms with Crippen molar-refractivity contribution in [2.45, 2.75) is 13.5 Å². The number of aryl methyl sites for hydroxylation is 1. The lowest BCUT2D eigenvalue weighted by Crippen LogP contribution is -2.39. The van der Waals surface area contributed by atoms with E-state index >= 15 is 0 Å². The van der Waals surface area contributed by atoms with Crippen LogP contribution in [0.1, 0.15) is 11.3 Å². The van der Waals surface area contributed by atoms with Gasteiger partial charge in [-0.1, -0.05) is 12.1 Å². The number of pyridine rings is 1. The Balaban J connectivity index is 1.76. The Bertz CT molecular complexity index is 727. The van der Waals surface area contributed by atoms with Gasteiger partial charge in [0.25, 0.3) is 0 Å². The van der Waals surface area contributed by atoms with E-state index in [1.807, 2.05) is 19.1 Å². The third-order valence-electron chi connectivity index (χ3n) is 3.74. The second-order valence-corrected chi connectivity index (χ2v) is 7.71. The molecule has 0 unspecified atom stereocenters. The van der Waals surface area contributed by atoms with E-state index in [4.69, 9.17) is 0 Å². The number of fused-ring (bicyclic) bond motifs is 1. The molecule has 2 aromatic rings.